The molecular formula is C20H24FN3O4. The number of carbonyl (C=O) groups excluding carboxylic acids is 2. The van der Waals surface area contributed by atoms with Gasteiger partial charge < -0.3 is 9.47 Å². The molecule has 0 fully saturated rings. The number of halogens is 1. The van der Waals surface area contributed by atoms with Gasteiger partial charge in [0.25, 0.3) is 0 Å². The second-order valence-corrected chi connectivity index (χ2v) is 8.59. The van der Waals surface area contributed by atoms with Crippen LogP contribution in [0.5, 0.6) is 0 Å². The Balaban J connectivity index is 2.08. The number of hydrogen-bond donors (Lipinski definition) is 0. The van der Waals surface area contributed by atoms with Crippen molar-refractivity contribution < 1.29 is 23.5 Å². The minimum Gasteiger partial charge on any atom is -0.455 e. The van der Waals surface area contributed by atoms with Crippen LogP contribution in [0.3, 0.4) is 0 Å². The normalized spacial score (nSPS) is 13.6. The Morgan fingerprint density at radius 3 is 2.32 bits per heavy atom. The number of nitrogens with zero attached hydrogens (tertiary/aromatic N) is 3. The van der Waals surface area contributed by atoms with E-state index >= 15 is 0 Å². The Labute approximate surface area is 163 Å². The smallest absolute Gasteiger partial charge is 0.415 e. The quantitative estimate of drug-likeness (QED) is 0.683. The molecule has 0 saturated carbocycles. The second kappa shape index (κ2) is 6.61. The van der Waals surface area contributed by atoms with Gasteiger partial charge in [0, 0.05) is 0 Å². The van der Waals surface area contributed by atoms with Crippen LogP contribution in [0.25, 0.3) is 5.69 Å². The number of carbonyl (C=O) groups is 2. The first-order chi connectivity index (χ1) is 12.9. The number of aromatic nitrogens is 2. The average Bonchev–Trinajstić information content (AvgIpc) is 2.95. The number of imidazole rings is 1. The van der Waals surface area contributed by atoms with E-state index in [2.05, 4.69) is 4.98 Å². The number of hydrogen-bond acceptors (Lipinski definition) is 5. The maximum absolute atomic E-state index is 14.6. The topological polar surface area (TPSA) is 73.7 Å². The highest BCUT2D eigenvalue weighted by Crippen LogP contribution is 2.36. The Morgan fingerprint density at radius 1 is 1.07 bits per heavy atom. The predicted molar refractivity (Wildman–Crippen MR) is 101 cm³/mol. The standard InChI is InChI=1S/C20H24FN3O4/c1-19(2,3)27-17(25)15-14-10-23(18(26)28-20(4,5)6)16-12(21)8-7-9-13(16)24(14)11-22-15/h7-9,11H,10H2,1-6H3. The van der Waals surface area contributed by atoms with Crippen LogP contribution in [-0.4, -0.2) is 32.8 Å². The van der Waals surface area contributed by atoms with Gasteiger partial charge in [0.15, 0.2) is 5.69 Å². The third-order valence-corrected chi connectivity index (χ3v) is 3.88. The van der Waals surface area contributed by atoms with Crippen molar-refractivity contribution in [3.05, 3.63) is 41.7 Å². The van der Waals surface area contributed by atoms with Gasteiger partial charge in [-0.15, -0.1) is 0 Å². The van der Waals surface area contributed by atoms with Gasteiger partial charge in [-0.2, -0.15) is 0 Å². The molecule has 0 unspecified atom stereocenters. The first kappa shape index (κ1) is 19.9. The van der Waals surface area contributed by atoms with E-state index in [1.165, 1.54) is 23.4 Å². The van der Waals surface area contributed by atoms with Crippen molar-refractivity contribution in [2.75, 3.05) is 4.90 Å². The molecule has 0 spiro atoms. The van der Waals surface area contributed by atoms with Crippen molar-refractivity contribution in [3.8, 4) is 5.69 Å². The lowest BCUT2D eigenvalue weighted by Gasteiger charge is -2.32. The summed E-state index contributed by atoms with van der Waals surface area (Å²) < 4.78 is 27.1. The summed E-state index contributed by atoms with van der Waals surface area (Å²) in [5.74, 6) is -1.17. The maximum atomic E-state index is 14.6. The van der Waals surface area contributed by atoms with Crippen molar-refractivity contribution in [1.82, 2.24) is 9.55 Å². The summed E-state index contributed by atoms with van der Waals surface area (Å²) in [6, 6.07) is 4.45. The minimum absolute atomic E-state index is 0.0720. The number of amides is 1. The lowest BCUT2D eigenvalue weighted by atomic mass is 10.1. The van der Waals surface area contributed by atoms with Crippen molar-refractivity contribution in [2.24, 2.45) is 0 Å². The Morgan fingerprint density at radius 2 is 1.71 bits per heavy atom. The fourth-order valence-electron chi connectivity index (χ4n) is 2.90. The van der Waals surface area contributed by atoms with E-state index in [9.17, 15) is 14.0 Å². The molecule has 2 heterocycles. The number of ether oxygens (including phenoxy) is 2. The lowest BCUT2D eigenvalue weighted by Crippen LogP contribution is -2.40. The van der Waals surface area contributed by atoms with E-state index in [4.69, 9.17) is 9.47 Å². The third kappa shape index (κ3) is 3.85. The van der Waals surface area contributed by atoms with Gasteiger partial charge in [-0.05, 0) is 53.7 Å². The molecule has 1 aliphatic rings. The van der Waals surface area contributed by atoms with Gasteiger partial charge in [0.05, 0.1) is 17.9 Å². The van der Waals surface area contributed by atoms with Crippen LogP contribution in [0, 0.1) is 5.82 Å². The lowest BCUT2D eigenvalue weighted by molar-refractivity contribution is 0.00612. The molecule has 28 heavy (non-hydrogen) atoms. The van der Waals surface area contributed by atoms with Crippen molar-refractivity contribution >= 4 is 17.7 Å². The SMILES string of the molecule is CC(C)(C)OC(=O)c1ncn2c1CN(C(=O)OC(C)(C)C)c1c(F)cccc1-2. The molecule has 0 bridgehead atoms. The molecule has 1 aliphatic heterocycles. The van der Waals surface area contributed by atoms with Crippen LogP contribution in [0.4, 0.5) is 14.9 Å². The van der Waals surface area contributed by atoms with E-state index in [-0.39, 0.29) is 17.9 Å². The molecule has 7 nitrogen and oxygen atoms in total. The molecule has 8 heteroatoms. The van der Waals surface area contributed by atoms with Crippen LogP contribution in [0.15, 0.2) is 24.5 Å². The monoisotopic (exact) mass is 389 g/mol. The highest BCUT2D eigenvalue weighted by atomic mass is 19.1. The van der Waals surface area contributed by atoms with Crippen molar-refractivity contribution in [3.63, 3.8) is 0 Å². The zero-order chi connectivity index (χ0) is 20.9. The maximum Gasteiger partial charge on any atom is 0.415 e. The van der Waals surface area contributed by atoms with Gasteiger partial charge in [-0.1, -0.05) is 6.07 Å². The summed E-state index contributed by atoms with van der Waals surface area (Å²) in [5, 5.41) is 0. The third-order valence-electron chi connectivity index (χ3n) is 3.88. The minimum atomic E-state index is -0.756. The Bertz CT molecular complexity index is 938. The summed E-state index contributed by atoms with van der Waals surface area (Å²) in [7, 11) is 0. The highest BCUT2D eigenvalue weighted by molar-refractivity contribution is 5.94. The average molecular weight is 389 g/mol. The first-order valence-electron chi connectivity index (χ1n) is 8.96. The van der Waals surface area contributed by atoms with E-state index in [0.29, 0.717) is 11.4 Å². The summed E-state index contributed by atoms with van der Waals surface area (Å²) >= 11 is 0. The summed E-state index contributed by atoms with van der Waals surface area (Å²) in [6.07, 6.45) is 0.723. The van der Waals surface area contributed by atoms with E-state index in [1.807, 2.05) is 0 Å². The summed E-state index contributed by atoms with van der Waals surface area (Å²) in [4.78, 5) is 30.7. The molecule has 0 saturated heterocycles. The molecule has 150 valence electrons. The molecule has 0 N–H and O–H groups in total. The van der Waals surface area contributed by atoms with Crippen LogP contribution < -0.4 is 4.90 Å². The number of esters is 1. The molecule has 1 aromatic carbocycles. The van der Waals surface area contributed by atoms with E-state index in [1.54, 1.807) is 52.2 Å². The molecule has 0 atom stereocenters. The number of benzene rings is 1. The molecule has 0 aliphatic carbocycles. The van der Waals surface area contributed by atoms with Crippen LogP contribution in [0.2, 0.25) is 0 Å². The van der Waals surface area contributed by atoms with Gasteiger partial charge in [0.1, 0.15) is 29.0 Å². The molecule has 3 rings (SSSR count). The Kier molecular flexibility index (Phi) is 4.69. The van der Waals surface area contributed by atoms with Crippen molar-refractivity contribution in [2.45, 2.75) is 59.3 Å². The second-order valence-electron chi connectivity index (χ2n) is 8.59. The molecule has 1 aromatic heterocycles. The zero-order valence-corrected chi connectivity index (χ0v) is 16.9. The van der Waals surface area contributed by atoms with Gasteiger partial charge in [0.2, 0.25) is 0 Å². The summed E-state index contributed by atoms with van der Waals surface area (Å²) in [5.41, 5.74) is -0.464. The van der Waals surface area contributed by atoms with Crippen molar-refractivity contribution in [1.29, 1.82) is 0 Å². The highest BCUT2D eigenvalue weighted by Gasteiger charge is 2.36. The number of fused-ring (bicyclic) bond motifs is 3. The fourth-order valence-corrected chi connectivity index (χ4v) is 2.90. The molecule has 2 aromatic rings. The van der Waals surface area contributed by atoms with E-state index in [0.717, 1.165) is 0 Å². The van der Waals surface area contributed by atoms with Crippen LogP contribution in [0.1, 0.15) is 57.7 Å². The van der Waals surface area contributed by atoms with Gasteiger partial charge in [-0.3, -0.25) is 9.47 Å². The van der Waals surface area contributed by atoms with Gasteiger partial charge >= 0.3 is 12.1 Å². The number of rotatable bonds is 1. The first-order valence-corrected chi connectivity index (χ1v) is 8.96. The van der Waals surface area contributed by atoms with Gasteiger partial charge in [-0.25, -0.2) is 19.0 Å². The molecular weight excluding hydrogens is 365 g/mol. The van der Waals surface area contributed by atoms with Crippen LogP contribution in [-0.2, 0) is 16.0 Å². The molecule has 0 radical (unpaired) electrons. The van der Waals surface area contributed by atoms with Crippen LogP contribution >= 0.6 is 0 Å². The number of para-hydroxylation sites is 1. The number of anilines is 1. The molecule has 1 amide bonds. The van der Waals surface area contributed by atoms with E-state index < -0.39 is 29.1 Å². The largest absolute Gasteiger partial charge is 0.455 e. The fraction of sp³-hybridized carbons (Fsp3) is 0.450. The summed E-state index contributed by atoms with van der Waals surface area (Å²) in [6.45, 7) is 10.4. The predicted octanol–water partition coefficient (Wildman–Crippen LogP) is 4.22. The Hall–Kier alpha value is -2.90. The zero-order valence-electron chi connectivity index (χ0n) is 16.9.